The van der Waals surface area contributed by atoms with Crippen LogP contribution in [0.2, 0.25) is 0 Å². The Morgan fingerprint density at radius 3 is 2.36 bits per heavy atom. The quantitative estimate of drug-likeness (QED) is 0.332. The fourth-order valence-corrected chi connectivity index (χ4v) is 4.17. The second-order valence-electron chi connectivity index (χ2n) is 7.48. The summed E-state index contributed by atoms with van der Waals surface area (Å²) in [5.74, 6) is -2.07. The second-order valence-corrected chi connectivity index (χ2v) is 8.25. The van der Waals surface area contributed by atoms with Crippen molar-refractivity contribution < 1.29 is 28.2 Å². The molecule has 3 rings (SSSR count). The molecule has 1 aromatic heterocycles. The van der Waals surface area contributed by atoms with E-state index >= 15 is 0 Å². The van der Waals surface area contributed by atoms with Crippen LogP contribution in [-0.4, -0.2) is 49.0 Å². The number of aromatic nitrogens is 1. The van der Waals surface area contributed by atoms with Gasteiger partial charge in [0.25, 0.3) is 11.8 Å². The highest BCUT2D eigenvalue weighted by Crippen LogP contribution is 2.34. The Balaban J connectivity index is 2.16. The molecule has 5 N–H and O–H groups in total. The van der Waals surface area contributed by atoms with Crippen LogP contribution in [0.25, 0.3) is 0 Å². The Morgan fingerprint density at radius 2 is 1.81 bits per heavy atom. The van der Waals surface area contributed by atoms with Crippen molar-refractivity contribution >= 4 is 40.6 Å². The van der Waals surface area contributed by atoms with Gasteiger partial charge in [-0.25, -0.2) is 4.39 Å². The average Bonchev–Trinajstić information content (AvgIpc) is 3.25. The lowest BCUT2D eigenvalue weighted by molar-refractivity contribution is -0.122. The van der Waals surface area contributed by atoms with E-state index in [1.54, 1.807) is 24.3 Å². The minimum atomic E-state index is -1.23. The van der Waals surface area contributed by atoms with E-state index < -0.39 is 29.6 Å². The molecule has 1 heterocycles. The minimum absolute atomic E-state index is 0.0745. The van der Waals surface area contributed by atoms with Crippen LogP contribution in [0.15, 0.2) is 48.5 Å². The molecule has 12 heteroatoms. The molecule has 36 heavy (non-hydrogen) atoms. The first-order chi connectivity index (χ1) is 17.3. The summed E-state index contributed by atoms with van der Waals surface area (Å²) in [6.45, 7) is 2.69. The third-order valence-electron chi connectivity index (χ3n) is 5.10. The van der Waals surface area contributed by atoms with E-state index in [-0.39, 0.29) is 29.4 Å². The number of nitrogen functional groups attached to an aromatic ring is 1. The van der Waals surface area contributed by atoms with Crippen LogP contribution in [0.1, 0.15) is 38.7 Å². The number of hydrogen-bond acceptors (Lipinski definition) is 8. The Hall–Kier alpha value is -4.03. The van der Waals surface area contributed by atoms with E-state index in [4.69, 9.17) is 20.9 Å². The summed E-state index contributed by atoms with van der Waals surface area (Å²) < 4.78 is 28.1. The summed E-state index contributed by atoms with van der Waals surface area (Å²) in [5, 5.41) is 2.73. The van der Waals surface area contributed by atoms with Crippen LogP contribution in [0.4, 0.5) is 15.8 Å². The fraction of sp³-hybridized carbons (Fsp3) is 0.250. The zero-order chi connectivity index (χ0) is 26.2. The van der Waals surface area contributed by atoms with Gasteiger partial charge >= 0.3 is 0 Å². The molecule has 0 saturated carbocycles. The molecule has 2 aromatic carbocycles. The molecule has 1 atom stereocenters. The lowest BCUT2D eigenvalue weighted by Crippen LogP contribution is -2.44. The number of hydrogen-bond donors (Lipinski definition) is 3. The lowest BCUT2D eigenvalue weighted by Gasteiger charge is -2.31. The number of ether oxygens (including phenoxy) is 2. The van der Waals surface area contributed by atoms with Gasteiger partial charge in [-0.2, -0.15) is 4.37 Å². The number of carbonyl (C=O) groups excluding carboxylic acids is 3. The van der Waals surface area contributed by atoms with Gasteiger partial charge in [-0.3, -0.25) is 19.3 Å². The zero-order valence-electron chi connectivity index (χ0n) is 19.7. The molecule has 0 fully saturated rings. The molecule has 3 aromatic rings. The largest absolute Gasteiger partial charge is 0.494 e. The molecular formula is C24H26FN5O5S. The predicted octanol–water partition coefficient (Wildman–Crippen LogP) is 2.51. The van der Waals surface area contributed by atoms with Crippen LogP contribution in [0.3, 0.4) is 0 Å². The number of nitrogens with two attached hydrogens (primary N) is 2. The number of methoxy groups -OCH3 is 1. The van der Waals surface area contributed by atoms with E-state index in [0.29, 0.717) is 35.1 Å². The Labute approximate surface area is 211 Å². The highest BCUT2D eigenvalue weighted by atomic mass is 32.1. The third kappa shape index (κ3) is 5.96. The zero-order valence-corrected chi connectivity index (χ0v) is 20.5. The van der Waals surface area contributed by atoms with Gasteiger partial charge in [-0.05, 0) is 60.4 Å². The van der Waals surface area contributed by atoms with Gasteiger partial charge < -0.3 is 26.3 Å². The maximum atomic E-state index is 13.9. The number of benzene rings is 2. The third-order valence-corrected chi connectivity index (χ3v) is 5.95. The number of primary amides is 1. The molecule has 0 aliphatic heterocycles. The van der Waals surface area contributed by atoms with Gasteiger partial charge in [-0.1, -0.05) is 12.1 Å². The monoisotopic (exact) mass is 515 g/mol. The summed E-state index contributed by atoms with van der Waals surface area (Å²) in [4.78, 5) is 40.1. The first kappa shape index (κ1) is 26.6. The van der Waals surface area contributed by atoms with Gasteiger partial charge in [-0.15, -0.1) is 0 Å². The second kappa shape index (κ2) is 12.1. The molecule has 0 radical (unpaired) electrons. The van der Waals surface area contributed by atoms with Crippen LogP contribution in [-0.2, 0) is 9.53 Å². The van der Waals surface area contributed by atoms with Crippen molar-refractivity contribution in [2.75, 3.05) is 37.5 Å². The molecule has 0 aliphatic rings. The van der Waals surface area contributed by atoms with Crippen molar-refractivity contribution in [2.24, 2.45) is 5.73 Å². The summed E-state index contributed by atoms with van der Waals surface area (Å²) in [6, 6.07) is 10.5. The smallest absolute Gasteiger partial charge is 0.273 e. The van der Waals surface area contributed by atoms with Crippen molar-refractivity contribution in [3.8, 4) is 5.75 Å². The van der Waals surface area contributed by atoms with E-state index in [0.717, 1.165) is 0 Å². The van der Waals surface area contributed by atoms with Gasteiger partial charge in [0.15, 0.2) is 5.69 Å². The Bertz CT molecular complexity index is 1220. The van der Waals surface area contributed by atoms with E-state index in [9.17, 15) is 18.8 Å². The van der Waals surface area contributed by atoms with Crippen LogP contribution in [0, 0.1) is 5.82 Å². The normalized spacial score (nSPS) is 11.5. The number of halogens is 1. The summed E-state index contributed by atoms with van der Waals surface area (Å²) in [5.41, 5.74) is 11.6. The van der Waals surface area contributed by atoms with Crippen LogP contribution < -0.4 is 26.4 Å². The maximum absolute atomic E-state index is 13.9. The Kier molecular flexibility index (Phi) is 8.92. The first-order valence-corrected chi connectivity index (χ1v) is 11.7. The molecule has 0 spiro atoms. The highest BCUT2D eigenvalue weighted by molar-refractivity contribution is 7.09. The Morgan fingerprint density at radius 1 is 1.14 bits per heavy atom. The van der Waals surface area contributed by atoms with Crippen LogP contribution in [0.5, 0.6) is 5.75 Å². The number of nitrogens with one attached hydrogen (secondary N) is 1. The van der Waals surface area contributed by atoms with Crippen molar-refractivity contribution in [2.45, 2.75) is 13.0 Å². The predicted molar refractivity (Wildman–Crippen MR) is 133 cm³/mol. The number of amides is 3. The molecule has 3 amide bonds. The highest BCUT2D eigenvalue weighted by Gasteiger charge is 2.36. The van der Waals surface area contributed by atoms with Crippen molar-refractivity contribution in [3.63, 3.8) is 0 Å². The maximum Gasteiger partial charge on any atom is 0.273 e. The summed E-state index contributed by atoms with van der Waals surface area (Å²) >= 11 is 0.692. The molecule has 190 valence electrons. The SMILES string of the molecule is CCOc1ccc(N(C(=O)c2snc(C(N)=O)c2N)C(C(=O)NCCOC)c2ccc(F)cc2)cc1. The van der Waals surface area contributed by atoms with Gasteiger partial charge in [0.2, 0.25) is 5.91 Å². The molecule has 0 bridgehead atoms. The van der Waals surface area contributed by atoms with E-state index in [2.05, 4.69) is 9.69 Å². The number of carbonyl (C=O) groups is 3. The van der Waals surface area contributed by atoms with E-state index in [1.807, 2.05) is 6.92 Å². The summed E-state index contributed by atoms with van der Waals surface area (Å²) in [7, 11) is 1.49. The van der Waals surface area contributed by atoms with Crippen molar-refractivity contribution in [3.05, 3.63) is 70.5 Å². The lowest BCUT2D eigenvalue weighted by atomic mass is 10.0. The molecule has 0 aliphatic carbocycles. The first-order valence-electron chi connectivity index (χ1n) is 10.9. The summed E-state index contributed by atoms with van der Waals surface area (Å²) in [6.07, 6.45) is 0. The van der Waals surface area contributed by atoms with Crippen LogP contribution >= 0.6 is 11.5 Å². The van der Waals surface area contributed by atoms with Crippen molar-refractivity contribution in [1.29, 1.82) is 0 Å². The number of nitrogens with zero attached hydrogens (tertiary/aromatic N) is 2. The average molecular weight is 516 g/mol. The molecule has 0 saturated heterocycles. The van der Waals surface area contributed by atoms with Gasteiger partial charge in [0.05, 0.1) is 18.9 Å². The van der Waals surface area contributed by atoms with E-state index in [1.165, 1.54) is 36.3 Å². The topological polar surface area (TPSA) is 150 Å². The van der Waals surface area contributed by atoms with Gasteiger partial charge in [0.1, 0.15) is 22.5 Å². The molecule has 1 unspecified atom stereocenters. The number of anilines is 2. The minimum Gasteiger partial charge on any atom is -0.494 e. The standard InChI is InChI=1S/C24H26FN5O5S/c1-3-35-17-10-8-16(9-11-17)30(24(33)21-18(26)19(22(27)31)29-36-21)20(23(32)28-12-13-34-2)14-4-6-15(25)7-5-14/h4-11,20H,3,12-13,26H2,1-2H3,(H2,27,31)(H,28,32). The van der Waals surface area contributed by atoms with Crippen molar-refractivity contribution in [1.82, 2.24) is 9.69 Å². The number of rotatable bonds is 11. The molecule has 10 nitrogen and oxygen atoms in total. The molecular weight excluding hydrogens is 489 g/mol. The fourth-order valence-electron chi connectivity index (χ4n) is 3.43. The van der Waals surface area contributed by atoms with Gasteiger partial charge in [0, 0.05) is 19.3 Å².